The van der Waals surface area contributed by atoms with Gasteiger partial charge in [0.2, 0.25) is 5.91 Å². The molecule has 2 aromatic carbocycles. The first-order valence-corrected chi connectivity index (χ1v) is 10.5. The fourth-order valence-corrected chi connectivity index (χ4v) is 3.34. The van der Waals surface area contributed by atoms with E-state index in [0.29, 0.717) is 27.3 Å². The van der Waals surface area contributed by atoms with Gasteiger partial charge < -0.3 is 5.32 Å². The summed E-state index contributed by atoms with van der Waals surface area (Å²) in [6, 6.07) is 15.1. The number of nitrogens with one attached hydrogen (secondary N) is 1. The molecule has 29 heavy (non-hydrogen) atoms. The Morgan fingerprint density at radius 2 is 1.79 bits per heavy atom. The maximum absolute atomic E-state index is 12.3. The second-order valence-electron chi connectivity index (χ2n) is 6.99. The third-order valence-electron chi connectivity index (χ3n) is 4.65. The molecular weight excluding hydrogens is 429 g/mol. The summed E-state index contributed by atoms with van der Waals surface area (Å²) < 4.78 is 1.87. The zero-order valence-corrected chi connectivity index (χ0v) is 18.5. The highest BCUT2D eigenvalue weighted by molar-refractivity contribution is 6.42. The third-order valence-corrected chi connectivity index (χ3v) is 5.64. The van der Waals surface area contributed by atoms with E-state index in [9.17, 15) is 4.79 Å². The lowest BCUT2D eigenvalue weighted by Gasteiger charge is -2.10. The normalized spacial score (nSPS) is 12.0. The van der Waals surface area contributed by atoms with Crippen molar-refractivity contribution in [2.45, 2.75) is 39.3 Å². The van der Waals surface area contributed by atoms with Crippen LogP contribution in [0, 0.1) is 0 Å². The second-order valence-corrected chi connectivity index (χ2v) is 8.24. The van der Waals surface area contributed by atoms with E-state index in [0.717, 1.165) is 23.2 Å². The molecule has 1 unspecified atom stereocenters. The number of hydrogen-bond donors (Lipinski definition) is 1. The van der Waals surface area contributed by atoms with Crippen LogP contribution in [0.25, 0.3) is 11.3 Å². The molecule has 0 bridgehead atoms. The zero-order chi connectivity index (χ0) is 21.0. The Morgan fingerprint density at radius 1 is 1.07 bits per heavy atom. The van der Waals surface area contributed by atoms with Crippen LogP contribution >= 0.6 is 34.8 Å². The maximum atomic E-state index is 12.3. The molecule has 0 aliphatic heterocycles. The van der Waals surface area contributed by atoms with Gasteiger partial charge >= 0.3 is 0 Å². The van der Waals surface area contributed by atoms with Crippen molar-refractivity contribution in [3.8, 4) is 11.3 Å². The van der Waals surface area contributed by atoms with Crippen LogP contribution in [0.3, 0.4) is 0 Å². The molecule has 0 aliphatic rings. The summed E-state index contributed by atoms with van der Waals surface area (Å²) in [6.07, 6.45) is 1.09. The topological polar surface area (TPSA) is 46.9 Å². The first kappa shape index (κ1) is 21.7. The average Bonchev–Trinajstić information content (AvgIpc) is 3.07. The fraction of sp³-hybridized carbons (Fsp3) is 0.273. The Morgan fingerprint density at radius 3 is 2.45 bits per heavy atom. The summed E-state index contributed by atoms with van der Waals surface area (Å²) in [6.45, 7) is 4.56. The molecule has 1 amide bonds. The molecule has 152 valence electrons. The predicted molar refractivity (Wildman–Crippen MR) is 120 cm³/mol. The Hall–Kier alpha value is -2.01. The molecule has 0 spiro atoms. The van der Waals surface area contributed by atoms with Gasteiger partial charge in [-0.25, -0.2) is 0 Å². The smallest absolute Gasteiger partial charge is 0.226 e. The van der Waals surface area contributed by atoms with Gasteiger partial charge in [-0.15, -0.1) is 0 Å². The van der Waals surface area contributed by atoms with E-state index in [-0.39, 0.29) is 18.4 Å². The number of halogens is 3. The average molecular weight is 451 g/mol. The zero-order valence-electron chi connectivity index (χ0n) is 16.3. The molecule has 3 rings (SSSR count). The molecule has 0 fully saturated rings. The minimum atomic E-state index is -0.0452. The lowest BCUT2D eigenvalue weighted by molar-refractivity contribution is -0.121. The number of carbonyl (C=O) groups is 1. The first-order chi connectivity index (χ1) is 13.9. The van der Waals surface area contributed by atoms with Gasteiger partial charge in [0.15, 0.2) is 0 Å². The molecule has 7 heteroatoms. The van der Waals surface area contributed by atoms with Gasteiger partial charge in [-0.3, -0.25) is 9.48 Å². The fourth-order valence-electron chi connectivity index (χ4n) is 2.92. The summed E-state index contributed by atoms with van der Waals surface area (Å²) in [5.74, 6) is -0.0452. The van der Waals surface area contributed by atoms with E-state index in [1.807, 2.05) is 61.0 Å². The number of rotatable bonds is 7. The maximum Gasteiger partial charge on any atom is 0.226 e. The molecule has 1 aromatic heterocycles. The van der Waals surface area contributed by atoms with Crippen LogP contribution in [0.1, 0.15) is 31.5 Å². The van der Waals surface area contributed by atoms with E-state index in [4.69, 9.17) is 34.8 Å². The van der Waals surface area contributed by atoms with E-state index in [1.165, 1.54) is 0 Å². The SMILES string of the molecule is CCC(C)NC(=O)Cc1cc(-c2ccc(Cl)c(Cl)c2)n(Cc2ccc(Cl)cc2)n1. The highest BCUT2D eigenvalue weighted by Gasteiger charge is 2.15. The molecule has 1 heterocycles. The minimum absolute atomic E-state index is 0.0452. The summed E-state index contributed by atoms with van der Waals surface area (Å²) in [4.78, 5) is 12.3. The number of hydrogen-bond acceptors (Lipinski definition) is 2. The van der Waals surface area contributed by atoms with Gasteiger partial charge in [-0.05, 0) is 49.2 Å². The molecule has 1 atom stereocenters. The Balaban J connectivity index is 1.93. The standard InChI is InChI=1S/C22H22Cl3N3O/c1-3-14(2)26-22(29)12-18-11-21(16-6-9-19(24)20(25)10-16)28(27-18)13-15-4-7-17(23)8-5-15/h4-11,14H,3,12-13H2,1-2H3,(H,26,29). The summed E-state index contributed by atoms with van der Waals surface area (Å²) in [5.41, 5.74) is 3.49. The van der Waals surface area contributed by atoms with Crippen LogP contribution in [-0.2, 0) is 17.8 Å². The number of aromatic nitrogens is 2. The van der Waals surface area contributed by atoms with Crippen molar-refractivity contribution >= 4 is 40.7 Å². The van der Waals surface area contributed by atoms with E-state index in [2.05, 4.69) is 10.4 Å². The van der Waals surface area contributed by atoms with Crippen molar-refractivity contribution in [3.63, 3.8) is 0 Å². The molecule has 0 aliphatic carbocycles. The van der Waals surface area contributed by atoms with Crippen molar-refractivity contribution in [1.29, 1.82) is 0 Å². The number of carbonyl (C=O) groups excluding carboxylic acids is 1. The van der Waals surface area contributed by atoms with Crippen LogP contribution in [0.2, 0.25) is 15.1 Å². The first-order valence-electron chi connectivity index (χ1n) is 9.41. The Labute approximate surface area is 185 Å². The molecule has 3 aromatic rings. The predicted octanol–water partition coefficient (Wildman–Crippen LogP) is 6.02. The minimum Gasteiger partial charge on any atom is -0.353 e. The van der Waals surface area contributed by atoms with Crippen molar-refractivity contribution in [3.05, 3.63) is 74.9 Å². The lowest BCUT2D eigenvalue weighted by Crippen LogP contribution is -2.33. The van der Waals surface area contributed by atoms with Crippen LogP contribution in [-0.4, -0.2) is 21.7 Å². The summed E-state index contributed by atoms with van der Waals surface area (Å²) >= 11 is 18.3. The van der Waals surface area contributed by atoms with Gasteiger partial charge in [-0.1, -0.05) is 59.9 Å². The van der Waals surface area contributed by atoms with E-state index in [1.54, 1.807) is 6.07 Å². The van der Waals surface area contributed by atoms with Crippen LogP contribution in [0.4, 0.5) is 0 Å². The molecule has 0 radical (unpaired) electrons. The Kier molecular flexibility index (Phi) is 7.23. The van der Waals surface area contributed by atoms with Crippen LogP contribution in [0.15, 0.2) is 48.5 Å². The third kappa shape index (κ3) is 5.75. The molecule has 1 N–H and O–H groups in total. The summed E-state index contributed by atoms with van der Waals surface area (Å²) in [5, 5.41) is 9.30. The van der Waals surface area contributed by atoms with Crippen molar-refractivity contribution in [2.24, 2.45) is 0 Å². The van der Waals surface area contributed by atoms with Crippen LogP contribution < -0.4 is 5.32 Å². The quantitative estimate of drug-likeness (QED) is 0.479. The largest absolute Gasteiger partial charge is 0.353 e. The molecular formula is C22H22Cl3N3O. The molecule has 0 saturated carbocycles. The molecule has 0 saturated heterocycles. The van der Waals surface area contributed by atoms with Gasteiger partial charge in [0, 0.05) is 16.6 Å². The van der Waals surface area contributed by atoms with E-state index >= 15 is 0 Å². The van der Waals surface area contributed by atoms with Crippen molar-refractivity contribution < 1.29 is 4.79 Å². The molecule has 4 nitrogen and oxygen atoms in total. The second kappa shape index (κ2) is 9.66. The monoisotopic (exact) mass is 449 g/mol. The van der Waals surface area contributed by atoms with E-state index < -0.39 is 0 Å². The van der Waals surface area contributed by atoms with Crippen molar-refractivity contribution in [1.82, 2.24) is 15.1 Å². The van der Waals surface area contributed by atoms with Gasteiger partial charge in [0.05, 0.1) is 34.4 Å². The number of benzene rings is 2. The van der Waals surface area contributed by atoms with Gasteiger partial charge in [-0.2, -0.15) is 5.10 Å². The van der Waals surface area contributed by atoms with Crippen LogP contribution in [0.5, 0.6) is 0 Å². The summed E-state index contributed by atoms with van der Waals surface area (Å²) in [7, 11) is 0. The van der Waals surface area contributed by atoms with Crippen molar-refractivity contribution in [2.75, 3.05) is 0 Å². The highest BCUT2D eigenvalue weighted by Crippen LogP contribution is 2.29. The number of amides is 1. The number of nitrogens with zero attached hydrogens (tertiary/aromatic N) is 2. The highest BCUT2D eigenvalue weighted by atomic mass is 35.5. The van der Waals surface area contributed by atoms with Gasteiger partial charge in [0.25, 0.3) is 0 Å². The van der Waals surface area contributed by atoms with Gasteiger partial charge in [0.1, 0.15) is 0 Å². The Bertz CT molecular complexity index is 999. The lowest BCUT2D eigenvalue weighted by atomic mass is 10.1.